The van der Waals surface area contributed by atoms with Crippen molar-refractivity contribution in [1.29, 1.82) is 0 Å². The second-order valence-electron chi connectivity index (χ2n) is 5.13. The molecule has 3 nitrogen and oxygen atoms in total. The van der Waals surface area contributed by atoms with Crippen LogP contribution < -0.4 is 5.32 Å². The minimum Gasteiger partial charge on any atom is -0.469 e. The van der Waals surface area contributed by atoms with Gasteiger partial charge in [-0.05, 0) is 36.6 Å². The Morgan fingerprint density at radius 1 is 1.28 bits per heavy atom. The first-order chi connectivity index (χ1) is 8.83. The molecule has 2 heterocycles. The van der Waals surface area contributed by atoms with E-state index in [0.29, 0.717) is 5.92 Å². The Morgan fingerprint density at radius 2 is 2.17 bits per heavy atom. The van der Waals surface area contributed by atoms with Crippen LogP contribution in [0.1, 0.15) is 36.5 Å². The van der Waals surface area contributed by atoms with Gasteiger partial charge in [-0.1, -0.05) is 6.92 Å². The summed E-state index contributed by atoms with van der Waals surface area (Å²) in [4.78, 5) is 0. The molecule has 3 rings (SSSR count). The first-order valence-corrected chi connectivity index (χ1v) is 6.64. The minimum absolute atomic E-state index is 0.668. The van der Waals surface area contributed by atoms with Crippen molar-refractivity contribution in [1.82, 2.24) is 5.32 Å². The lowest BCUT2D eigenvalue weighted by Gasteiger charge is -2.00. The van der Waals surface area contributed by atoms with Crippen LogP contribution >= 0.6 is 0 Å². The summed E-state index contributed by atoms with van der Waals surface area (Å²) in [6.45, 7) is 3.97. The zero-order valence-electron chi connectivity index (χ0n) is 10.7. The third-order valence-electron chi connectivity index (χ3n) is 3.58. The smallest absolute Gasteiger partial charge is 0.117 e. The molecule has 1 fully saturated rings. The minimum atomic E-state index is 0.668. The summed E-state index contributed by atoms with van der Waals surface area (Å²) in [5.41, 5.74) is 0. The molecule has 0 amide bonds. The fourth-order valence-corrected chi connectivity index (χ4v) is 2.29. The average molecular weight is 245 g/mol. The predicted molar refractivity (Wildman–Crippen MR) is 69.3 cm³/mol. The van der Waals surface area contributed by atoms with Crippen molar-refractivity contribution in [3.05, 3.63) is 47.8 Å². The van der Waals surface area contributed by atoms with Crippen LogP contribution in [-0.2, 0) is 13.0 Å². The second kappa shape index (κ2) is 5.02. The number of nitrogens with one attached hydrogen (secondary N) is 1. The van der Waals surface area contributed by atoms with Gasteiger partial charge in [0.1, 0.15) is 17.3 Å². The highest BCUT2D eigenvalue weighted by atomic mass is 16.3. The van der Waals surface area contributed by atoms with E-state index in [-0.39, 0.29) is 0 Å². The predicted octanol–water partition coefficient (Wildman–Crippen LogP) is 3.33. The molecule has 2 unspecified atom stereocenters. The molecule has 18 heavy (non-hydrogen) atoms. The molecule has 2 atom stereocenters. The van der Waals surface area contributed by atoms with Crippen LogP contribution in [0.2, 0.25) is 0 Å². The van der Waals surface area contributed by atoms with Crippen LogP contribution in [0.25, 0.3) is 0 Å². The number of hydrogen-bond acceptors (Lipinski definition) is 3. The summed E-state index contributed by atoms with van der Waals surface area (Å²) < 4.78 is 11.1. The molecule has 1 N–H and O–H groups in total. The van der Waals surface area contributed by atoms with Gasteiger partial charge in [-0.15, -0.1) is 0 Å². The van der Waals surface area contributed by atoms with Gasteiger partial charge in [-0.25, -0.2) is 0 Å². The molecule has 0 aliphatic heterocycles. The van der Waals surface area contributed by atoms with Crippen molar-refractivity contribution in [2.24, 2.45) is 5.92 Å². The molecule has 1 aliphatic rings. The Hall–Kier alpha value is -1.48. The fraction of sp³-hybridized carbons (Fsp3) is 0.467. The molecule has 1 saturated carbocycles. The van der Waals surface area contributed by atoms with Crippen molar-refractivity contribution >= 4 is 0 Å². The van der Waals surface area contributed by atoms with Crippen LogP contribution in [0.3, 0.4) is 0 Å². The standard InChI is InChI=1S/C15H19NO2/c1-11-9-14(11)15-5-4-13(18-15)10-16-7-6-12-3-2-8-17-12/h2-5,8,11,14,16H,6-7,9-10H2,1H3. The van der Waals surface area contributed by atoms with Crippen LogP contribution in [-0.4, -0.2) is 6.54 Å². The van der Waals surface area contributed by atoms with Gasteiger partial charge < -0.3 is 14.2 Å². The fourth-order valence-electron chi connectivity index (χ4n) is 2.29. The summed E-state index contributed by atoms with van der Waals surface area (Å²) in [7, 11) is 0. The van der Waals surface area contributed by atoms with E-state index in [0.717, 1.165) is 42.7 Å². The lowest BCUT2D eigenvalue weighted by molar-refractivity contribution is 0.439. The van der Waals surface area contributed by atoms with Crippen molar-refractivity contribution < 1.29 is 8.83 Å². The highest BCUT2D eigenvalue weighted by Gasteiger charge is 2.36. The quantitative estimate of drug-likeness (QED) is 0.793. The lowest BCUT2D eigenvalue weighted by Crippen LogP contribution is -2.15. The maximum Gasteiger partial charge on any atom is 0.117 e. The zero-order chi connectivity index (χ0) is 12.4. The highest BCUT2D eigenvalue weighted by Crippen LogP contribution is 2.47. The van der Waals surface area contributed by atoms with Gasteiger partial charge in [-0.3, -0.25) is 0 Å². The summed E-state index contributed by atoms with van der Waals surface area (Å²) in [5, 5.41) is 3.37. The van der Waals surface area contributed by atoms with E-state index in [2.05, 4.69) is 24.4 Å². The number of furan rings is 2. The molecular formula is C15H19NO2. The summed E-state index contributed by atoms with van der Waals surface area (Å²) in [6, 6.07) is 8.13. The van der Waals surface area contributed by atoms with E-state index in [9.17, 15) is 0 Å². The van der Waals surface area contributed by atoms with Crippen molar-refractivity contribution in [3.63, 3.8) is 0 Å². The summed E-state index contributed by atoms with van der Waals surface area (Å²) in [5.74, 6) is 4.68. The maximum atomic E-state index is 5.83. The first kappa shape index (κ1) is 11.6. The summed E-state index contributed by atoms with van der Waals surface area (Å²) >= 11 is 0. The number of rotatable bonds is 6. The average Bonchev–Trinajstić information content (AvgIpc) is 2.86. The normalized spacial score (nSPS) is 22.3. The molecule has 2 aromatic rings. The maximum absolute atomic E-state index is 5.83. The largest absolute Gasteiger partial charge is 0.469 e. The van der Waals surface area contributed by atoms with Gasteiger partial charge in [-0.2, -0.15) is 0 Å². The summed E-state index contributed by atoms with van der Waals surface area (Å²) in [6.07, 6.45) is 3.91. The number of hydrogen-bond donors (Lipinski definition) is 1. The van der Waals surface area contributed by atoms with E-state index in [1.165, 1.54) is 6.42 Å². The highest BCUT2D eigenvalue weighted by molar-refractivity contribution is 5.17. The van der Waals surface area contributed by atoms with Gasteiger partial charge in [0.2, 0.25) is 0 Å². The van der Waals surface area contributed by atoms with Gasteiger partial charge in [0.25, 0.3) is 0 Å². The molecule has 0 spiro atoms. The van der Waals surface area contributed by atoms with Crippen LogP contribution in [0.5, 0.6) is 0 Å². The Kier molecular flexibility index (Phi) is 3.24. The molecule has 0 aromatic carbocycles. The Balaban J connectivity index is 1.41. The van der Waals surface area contributed by atoms with Crippen molar-refractivity contribution in [3.8, 4) is 0 Å². The first-order valence-electron chi connectivity index (χ1n) is 6.64. The lowest BCUT2D eigenvalue weighted by atomic mass is 10.3. The van der Waals surface area contributed by atoms with Crippen LogP contribution in [0.15, 0.2) is 39.4 Å². The van der Waals surface area contributed by atoms with Gasteiger partial charge in [0.05, 0.1) is 12.8 Å². The molecule has 3 heteroatoms. The monoisotopic (exact) mass is 245 g/mol. The van der Waals surface area contributed by atoms with Gasteiger partial charge in [0.15, 0.2) is 0 Å². The van der Waals surface area contributed by atoms with E-state index >= 15 is 0 Å². The van der Waals surface area contributed by atoms with Crippen LogP contribution in [0.4, 0.5) is 0 Å². The van der Waals surface area contributed by atoms with Crippen LogP contribution in [0, 0.1) is 5.92 Å². The van der Waals surface area contributed by atoms with Crippen molar-refractivity contribution in [2.75, 3.05) is 6.54 Å². The Morgan fingerprint density at radius 3 is 2.89 bits per heavy atom. The third-order valence-corrected chi connectivity index (χ3v) is 3.58. The van der Waals surface area contributed by atoms with Crippen molar-refractivity contribution in [2.45, 2.75) is 32.2 Å². The van der Waals surface area contributed by atoms with E-state index < -0.39 is 0 Å². The molecule has 2 aromatic heterocycles. The molecule has 96 valence electrons. The molecule has 0 radical (unpaired) electrons. The SMILES string of the molecule is CC1CC1c1ccc(CNCCc2ccco2)o1. The van der Waals surface area contributed by atoms with Gasteiger partial charge in [0, 0.05) is 18.9 Å². The van der Waals surface area contributed by atoms with E-state index in [4.69, 9.17) is 8.83 Å². The Labute approximate surface area is 107 Å². The van der Waals surface area contributed by atoms with Gasteiger partial charge >= 0.3 is 0 Å². The second-order valence-corrected chi connectivity index (χ2v) is 5.13. The topological polar surface area (TPSA) is 38.3 Å². The Bertz CT molecular complexity index is 486. The third kappa shape index (κ3) is 2.67. The molecular weight excluding hydrogens is 226 g/mol. The van der Waals surface area contributed by atoms with E-state index in [1.807, 2.05) is 12.1 Å². The molecule has 1 aliphatic carbocycles. The zero-order valence-corrected chi connectivity index (χ0v) is 10.7. The molecule has 0 bridgehead atoms. The van der Waals surface area contributed by atoms with E-state index in [1.54, 1.807) is 6.26 Å². The molecule has 0 saturated heterocycles.